The summed E-state index contributed by atoms with van der Waals surface area (Å²) >= 11 is 0. The Morgan fingerprint density at radius 2 is 2.17 bits per heavy atom. The molecule has 0 aliphatic carbocycles. The molecule has 23 heavy (non-hydrogen) atoms. The highest BCUT2D eigenvalue weighted by atomic mass is 16.6. The third-order valence-corrected chi connectivity index (χ3v) is 4.77. The summed E-state index contributed by atoms with van der Waals surface area (Å²) in [6.07, 6.45) is 4.55. The van der Waals surface area contributed by atoms with E-state index in [4.69, 9.17) is 4.74 Å². The number of aromatic nitrogens is 2. The first kappa shape index (κ1) is 16.2. The first-order valence-electron chi connectivity index (χ1n) is 8.46. The molecule has 3 rings (SSSR count). The summed E-state index contributed by atoms with van der Waals surface area (Å²) < 4.78 is 5.67. The molecule has 0 bridgehead atoms. The fourth-order valence-corrected chi connectivity index (χ4v) is 3.44. The first-order valence-corrected chi connectivity index (χ1v) is 8.46. The number of hydrogen-bond acceptors (Lipinski definition) is 5. The summed E-state index contributed by atoms with van der Waals surface area (Å²) in [6.45, 7) is 7.72. The van der Waals surface area contributed by atoms with Gasteiger partial charge in [-0.3, -0.25) is 4.90 Å². The van der Waals surface area contributed by atoms with Crippen molar-refractivity contribution in [3.63, 3.8) is 0 Å². The molecule has 1 aromatic rings. The normalized spacial score (nSPS) is 25.9. The molecule has 0 aromatic carbocycles. The zero-order chi connectivity index (χ0) is 16.4. The molecule has 1 atom stereocenters. The van der Waals surface area contributed by atoms with Crippen LogP contribution >= 0.6 is 0 Å². The van der Waals surface area contributed by atoms with Crippen molar-refractivity contribution >= 4 is 6.09 Å². The molecule has 1 aromatic heterocycles. The van der Waals surface area contributed by atoms with Crippen molar-refractivity contribution in [2.75, 3.05) is 26.7 Å². The number of hydrogen-bond donors (Lipinski definition) is 0. The van der Waals surface area contributed by atoms with Crippen LogP contribution in [0, 0.1) is 0 Å². The standard InChI is InChI=1S/C17H26N4O2/c1-13(2)15-18-8-5-14(19-15)11-21-9-4-6-17(7-10-21)12-20(3)16(22)23-17/h5,8,13H,4,6-7,9-12H2,1-3H3/t17-/m1/s1. The van der Waals surface area contributed by atoms with Crippen molar-refractivity contribution in [3.05, 3.63) is 23.8 Å². The van der Waals surface area contributed by atoms with Gasteiger partial charge in [-0.05, 0) is 25.5 Å². The second-order valence-corrected chi connectivity index (χ2v) is 7.10. The lowest BCUT2D eigenvalue weighted by Crippen LogP contribution is -2.35. The molecule has 1 spiro atoms. The van der Waals surface area contributed by atoms with Crippen LogP contribution in [0.25, 0.3) is 0 Å². The number of rotatable bonds is 3. The lowest BCUT2D eigenvalue weighted by Gasteiger charge is -2.25. The van der Waals surface area contributed by atoms with Crippen molar-refractivity contribution in [3.8, 4) is 0 Å². The van der Waals surface area contributed by atoms with Gasteiger partial charge in [0.15, 0.2) is 0 Å². The molecular formula is C17H26N4O2. The van der Waals surface area contributed by atoms with Crippen molar-refractivity contribution in [2.45, 2.75) is 51.2 Å². The Balaban J connectivity index is 1.63. The van der Waals surface area contributed by atoms with Crippen LogP contribution in [-0.2, 0) is 11.3 Å². The van der Waals surface area contributed by atoms with E-state index in [1.54, 1.807) is 4.90 Å². The average molecular weight is 318 g/mol. The van der Waals surface area contributed by atoms with Crippen LogP contribution < -0.4 is 0 Å². The second-order valence-electron chi connectivity index (χ2n) is 7.10. The number of ether oxygens (including phenoxy) is 1. The van der Waals surface area contributed by atoms with Gasteiger partial charge >= 0.3 is 6.09 Å². The lowest BCUT2D eigenvalue weighted by molar-refractivity contribution is 0.0442. The molecule has 2 aliphatic heterocycles. The van der Waals surface area contributed by atoms with Crippen molar-refractivity contribution in [2.24, 2.45) is 0 Å². The molecule has 2 saturated heterocycles. The molecule has 0 radical (unpaired) electrons. The lowest BCUT2D eigenvalue weighted by atomic mass is 9.95. The molecule has 3 heterocycles. The zero-order valence-corrected chi connectivity index (χ0v) is 14.3. The average Bonchev–Trinajstić information content (AvgIpc) is 2.67. The summed E-state index contributed by atoms with van der Waals surface area (Å²) in [4.78, 5) is 24.8. The molecule has 0 unspecified atom stereocenters. The van der Waals surface area contributed by atoms with Crippen LogP contribution in [0.2, 0.25) is 0 Å². The molecular weight excluding hydrogens is 292 g/mol. The number of amides is 1. The maximum atomic E-state index is 11.7. The van der Waals surface area contributed by atoms with Gasteiger partial charge in [-0.1, -0.05) is 13.8 Å². The number of nitrogens with zero attached hydrogens (tertiary/aromatic N) is 4. The van der Waals surface area contributed by atoms with Gasteiger partial charge in [-0.15, -0.1) is 0 Å². The molecule has 0 saturated carbocycles. The van der Waals surface area contributed by atoms with E-state index in [-0.39, 0.29) is 11.7 Å². The molecule has 2 aliphatic rings. The Labute approximate surface area is 137 Å². The predicted molar refractivity (Wildman–Crippen MR) is 87.1 cm³/mol. The summed E-state index contributed by atoms with van der Waals surface area (Å²) in [5.41, 5.74) is 0.787. The van der Waals surface area contributed by atoms with E-state index in [0.29, 0.717) is 12.5 Å². The Bertz CT molecular complexity index is 577. The van der Waals surface area contributed by atoms with Gasteiger partial charge < -0.3 is 9.64 Å². The zero-order valence-electron chi connectivity index (χ0n) is 14.3. The van der Waals surface area contributed by atoms with Gasteiger partial charge in [0.05, 0.1) is 12.2 Å². The van der Waals surface area contributed by atoms with Crippen LogP contribution in [-0.4, -0.2) is 58.1 Å². The molecule has 1 amide bonds. The van der Waals surface area contributed by atoms with Crippen LogP contribution in [0.5, 0.6) is 0 Å². The van der Waals surface area contributed by atoms with E-state index in [9.17, 15) is 4.79 Å². The summed E-state index contributed by atoms with van der Waals surface area (Å²) in [5, 5.41) is 0. The minimum absolute atomic E-state index is 0.184. The summed E-state index contributed by atoms with van der Waals surface area (Å²) in [7, 11) is 1.81. The van der Waals surface area contributed by atoms with Crippen molar-refractivity contribution < 1.29 is 9.53 Å². The minimum atomic E-state index is -0.282. The van der Waals surface area contributed by atoms with Crippen LogP contribution in [0.3, 0.4) is 0 Å². The van der Waals surface area contributed by atoms with E-state index >= 15 is 0 Å². The third-order valence-electron chi connectivity index (χ3n) is 4.77. The molecule has 0 N–H and O–H groups in total. The topological polar surface area (TPSA) is 58.6 Å². The quantitative estimate of drug-likeness (QED) is 0.856. The Morgan fingerprint density at radius 3 is 2.87 bits per heavy atom. The Kier molecular flexibility index (Phi) is 4.53. The van der Waals surface area contributed by atoms with E-state index in [2.05, 4.69) is 28.7 Å². The molecule has 6 nitrogen and oxygen atoms in total. The van der Waals surface area contributed by atoms with Crippen molar-refractivity contribution in [1.82, 2.24) is 19.8 Å². The van der Waals surface area contributed by atoms with Gasteiger partial charge in [0, 0.05) is 38.7 Å². The minimum Gasteiger partial charge on any atom is -0.441 e. The van der Waals surface area contributed by atoms with E-state index in [0.717, 1.165) is 50.4 Å². The third kappa shape index (κ3) is 3.63. The van der Waals surface area contributed by atoms with E-state index in [1.165, 1.54) is 0 Å². The number of likely N-dealkylation sites (N-methyl/N-ethyl adjacent to an activating group) is 1. The Hall–Kier alpha value is -1.69. The predicted octanol–water partition coefficient (Wildman–Crippen LogP) is 2.41. The second kappa shape index (κ2) is 6.43. The first-order chi connectivity index (χ1) is 11.0. The van der Waals surface area contributed by atoms with Crippen LogP contribution in [0.15, 0.2) is 12.3 Å². The van der Waals surface area contributed by atoms with E-state index in [1.807, 2.05) is 19.3 Å². The van der Waals surface area contributed by atoms with Crippen LogP contribution in [0.4, 0.5) is 4.79 Å². The number of carbonyl (C=O) groups is 1. The van der Waals surface area contributed by atoms with Crippen LogP contribution in [0.1, 0.15) is 50.5 Å². The van der Waals surface area contributed by atoms with Gasteiger partial charge in [0.2, 0.25) is 0 Å². The van der Waals surface area contributed by atoms with Gasteiger partial charge in [-0.2, -0.15) is 0 Å². The van der Waals surface area contributed by atoms with Gasteiger partial charge in [0.1, 0.15) is 11.4 Å². The SMILES string of the molecule is CC(C)c1nccc(CN2CCC[C@@]3(CC2)CN(C)C(=O)O3)n1. The van der Waals surface area contributed by atoms with Gasteiger partial charge in [-0.25, -0.2) is 14.8 Å². The smallest absolute Gasteiger partial charge is 0.410 e. The number of carbonyl (C=O) groups excluding carboxylic acids is 1. The summed E-state index contributed by atoms with van der Waals surface area (Å²) in [6, 6.07) is 2.00. The fraction of sp³-hybridized carbons (Fsp3) is 0.706. The molecule has 126 valence electrons. The van der Waals surface area contributed by atoms with E-state index < -0.39 is 0 Å². The highest BCUT2D eigenvalue weighted by molar-refractivity contribution is 5.70. The molecule has 2 fully saturated rings. The number of likely N-dealkylation sites (tertiary alicyclic amines) is 1. The maximum absolute atomic E-state index is 11.7. The monoisotopic (exact) mass is 318 g/mol. The largest absolute Gasteiger partial charge is 0.441 e. The Morgan fingerprint density at radius 1 is 1.35 bits per heavy atom. The molecule has 6 heteroatoms. The van der Waals surface area contributed by atoms with Gasteiger partial charge in [0.25, 0.3) is 0 Å². The highest BCUT2D eigenvalue weighted by Crippen LogP contribution is 2.32. The maximum Gasteiger partial charge on any atom is 0.410 e. The van der Waals surface area contributed by atoms with Crippen molar-refractivity contribution in [1.29, 1.82) is 0 Å². The summed E-state index contributed by atoms with van der Waals surface area (Å²) in [5.74, 6) is 1.25. The fourth-order valence-electron chi connectivity index (χ4n) is 3.44. The highest BCUT2D eigenvalue weighted by Gasteiger charge is 2.44.